The molecule has 1 aromatic carbocycles. The van der Waals surface area contributed by atoms with Crippen LogP contribution in [0.4, 0.5) is 5.00 Å². The first-order valence-corrected chi connectivity index (χ1v) is 9.84. The van der Waals surface area contributed by atoms with Crippen molar-refractivity contribution in [2.75, 3.05) is 5.32 Å². The fraction of sp³-hybridized carbons (Fsp3) is 0.238. The van der Waals surface area contributed by atoms with E-state index in [1.54, 1.807) is 24.3 Å². The Balaban J connectivity index is 1.60. The highest BCUT2D eigenvalue weighted by Gasteiger charge is 2.27. The van der Waals surface area contributed by atoms with Gasteiger partial charge in [0.25, 0.3) is 11.8 Å². The number of benzene rings is 1. The maximum Gasteiger partial charge on any atom is 0.331 e. The molecule has 1 aliphatic carbocycles. The number of nitrogens with one attached hydrogen (secondary N) is 1. The summed E-state index contributed by atoms with van der Waals surface area (Å²) in [5, 5.41) is 11.8. The molecule has 148 valence electrons. The minimum absolute atomic E-state index is 0.357. The molecule has 1 heterocycles. The van der Waals surface area contributed by atoms with Gasteiger partial charge in [-0.25, -0.2) is 4.79 Å². The molecule has 2 aromatic rings. The Labute approximate surface area is 171 Å². The highest BCUT2D eigenvalue weighted by Crippen LogP contribution is 2.38. The molecule has 3 N–H and O–H groups in total. The number of anilines is 1. The zero-order chi connectivity index (χ0) is 21.0. The normalized spacial score (nSPS) is 13.5. The Morgan fingerprint density at radius 2 is 2.00 bits per heavy atom. The van der Waals surface area contributed by atoms with Crippen molar-refractivity contribution in [3.05, 3.63) is 57.5 Å². The zero-order valence-corrected chi connectivity index (χ0v) is 16.5. The third-order valence-corrected chi connectivity index (χ3v) is 5.73. The molecule has 7 nitrogen and oxygen atoms in total. The van der Waals surface area contributed by atoms with Crippen LogP contribution in [-0.4, -0.2) is 23.9 Å². The van der Waals surface area contributed by atoms with E-state index >= 15 is 0 Å². The summed E-state index contributed by atoms with van der Waals surface area (Å²) in [5.74, 6) is -1.79. The number of hydrogen-bond donors (Lipinski definition) is 2. The minimum Gasteiger partial charge on any atom is -0.449 e. The van der Waals surface area contributed by atoms with Crippen LogP contribution in [0.15, 0.2) is 30.3 Å². The van der Waals surface area contributed by atoms with E-state index < -0.39 is 23.9 Å². The van der Waals surface area contributed by atoms with Gasteiger partial charge in [0, 0.05) is 11.0 Å². The van der Waals surface area contributed by atoms with Gasteiger partial charge in [0.05, 0.1) is 17.2 Å². The van der Waals surface area contributed by atoms with Crippen LogP contribution in [-0.2, 0) is 27.2 Å². The van der Waals surface area contributed by atoms with Crippen molar-refractivity contribution in [1.82, 2.24) is 0 Å². The summed E-state index contributed by atoms with van der Waals surface area (Å²) < 4.78 is 5.13. The molecular weight excluding hydrogens is 390 g/mol. The van der Waals surface area contributed by atoms with Crippen LogP contribution in [0.2, 0.25) is 0 Å². The lowest BCUT2D eigenvalue weighted by molar-refractivity contribution is -0.148. The molecule has 0 saturated heterocycles. The number of thiophene rings is 1. The lowest BCUT2D eigenvalue weighted by atomic mass is 10.1. The third kappa shape index (κ3) is 4.70. The third-order valence-electron chi connectivity index (χ3n) is 4.52. The molecule has 1 atom stereocenters. The molecule has 0 bridgehead atoms. The van der Waals surface area contributed by atoms with Crippen LogP contribution in [0.3, 0.4) is 0 Å². The fourth-order valence-corrected chi connectivity index (χ4v) is 4.36. The second-order valence-corrected chi connectivity index (χ2v) is 7.67. The number of nitrogens with two attached hydrogens (primary N) is 1. The minimum atomic E-state index is -1.05. The second-order valence-electron chi connectivity index (χ2n) is 6.56. The van der Waals surface area contributed by atoms with Crippen molar-refractivity contribution in [3.63, 3.8) is 0 Å². The Bertz CT molecular complexity index is 1030. The Morgan fingerprint density at radius 3 is 2.66 bits per heavy atom. The molecule has 0 aliphatic heterocycles. The first kappa shape index (κ1) is 20.3. The molecule has 29 heavy (non-hydrogen) atoms. The predicted octanol–water partition coefficient (Wildman–Crippen LogP) is 2.79. The van der Waals surface area contributed by atoms with Gasteiger partial charge in [-0.05, 0) is 55.5 Å². The zero-order valence-electron chi connectivity index (χ0n) is 15.7. The van der Waals surface area contributed by atoms with E-state index in [4.69, 9.17) is 15.7 Å². The maximum absolute atomic E-state index is 12.4. The quantitative estimate of drug-likeness (QED) is 0.561. The lowest BCUT2D eigenvalue weighted by Gasteiger charge is -2.12. The van der Waals surface area contributed by atoms with E-state index in [9.17, 15) is 14.4 Å². The summed E-state index contributed by atoms with van der Waals surface area (Å²) in [6, 6.07) is 8.67. The van der Waals surface area contributed by atoms with Crippen molar-refractivity contribution >= 4 is 40.2 Å². The average Bonchev–Trinajstić information content (AvgIpc) is 3.27. The van der Waals surface area contributed by atoms with Gasteiger partial charge in [-0.3, -0.25) is 9.59 Å². The summed E-state index contributed by atoms with van der Waals surface area (Å²) in [5.41, 5.74) is 7.99. The van der Waals surface area contributed by atoms with Gasteiger partial charge in [-0.15, -0.1) is 11.3 Å². The Morgan fingerprint density at radius 1 is 1.28 bits per heavy atom. The van der Waals surface area contributed by atoms with Crippen LogP contribution in [0.25, 0.3) is 6.08 Å². The second kappa shape index (κ2) is 8.71. The molecule has 0 fully saturated rings. The molecule has 3 rings (SSSR count). The molecule has 0 saturated carbocycles. The van der Waals surface area contributed by atoms with Crippen molar-refractivity contribution in [2.24, 2.45) is 5.73 Å². The van der Waals surface area contributed by atoms with Crippen LogP contribution >= 0.6 is 11.3 Å². The molecule has 0 radical (unpaired) electrons. The standard InChI is InChI=1S/C21H19N3O4S/c1-12(28-17(25)10-9-13-5-7-14(11-22)8-6-13)20(27)24-21-18(19(23)26)15-3-2-4-16(15)29-21/h5-10,12H,2-4H2,1H3,(H2,23,26)(H,24,27)/b10-9+/t12-/m0/s1. The molecule has 1 aliphatic rings. The van der Waals surface area contributed by atoms with Crippen molar-refractivity contribution < 1.29 is 19.1 Å². The predicted molar refractivity (Wildman–Crippen MR) is 109 cm³/mol. The molecule has 0 spiro atoms. The summed E-state index contributed by atoms with van der Waals surface area (Å²) in [7, 11) is 0. The SMILES string of the molecule is C[C@H](OC(=O)/C=C/c1ccc(C#N)cc1)C(=O)Nc1sc2c(c1C(N)=O)CCC2. The number of carbonyl (C=O) groups is 3. The number of ether oxygens (including phenoxy) is 1. The summed E-state index contributed by atoms with van der Waals surface area (Å²) in [6.45, 7) is 1.45. The Kier molecular flexibility index (Phi) is 6.10. The average molecular weight is 409 g/mol. The molecule has 8 heteroatoms. The van der Waals surface area contributed by atoms with Crippen LogP contribution < -0.4 is 11.1 Å². The number of amides is 2. The molecule has 0 unspecified atom stereocenters. The number of aryl methyl sites for hydroxylation is 1. The van der Waals surface area contributed by atoms with E-state index in [2.05, 4.69) is 5.32 Å². The molecule has 1 aromatic heterocycles. The van der Waals surface area contributed by atoms with E-state index in [0.29, 0.717) is 16.1 Å². The summed E-state index contributed by atoms with van der Waals surface area (Å²) in [4.78, 5) is 37.2. The van der Waals surface area contributed by atoms with Gasteiger partial charge in [-0.2, -0.15) is 5.26 Å². The van der Waals surface area contributed by atoms with Crippen LogP contribution in [0, 0.1) is 11.3 Å². The van der Waals surface area contributed by atoms with E-state index in [0.717, 1.165) is 35.3 Å². The topological polar surface area (TPSA) is 122 Å². The number of nitriles is 1. The number of fused-ring (bicyclic) bond motifs is 1. The van der Waals surface area contributed by atoms with Crippen molar-refractivity contribution in [3.8, 4) is 6.07 Å². The highest BCUT2D eigenvalue weighted by atomic mass is 32.1. The lowest BCUT2D eigenvalue weighted by Crippen LogP contribution is -2.30. The van der Waals surface area contributed by atoms with E-state index in [1.807, 2.05) is 6.07 Å². The number of esters is 1. The number of rotatable bonds is 6. The summed E-state index contributed by atoms with van der Waals surface area (Å²) in [6.07, 6.45) is 4.29. The fourth-order valence-electron chi connectivity index (χ4n) is 3.07. The molecular formula is C21H19N3O4S. The Hall–Kier alpha value is -3.44. The van der Waals surface area contributed by atoms with Gasteiger partial charge in [-0.1, -0.05) is 12.1 Å². The van der Waals surface area contributed by atoms with Crippen LogP contribution in [0.5, 0.6) is 0 Å². The molecule has 2 amide bonds. The smallest absolute Gasteiger partial charge is 0.331 e. The van der Waals surface area contributed by atoms with Gasteiger partial charge < -0.3 is 15.8 Å². The van der Waals surface area contributed by atoms with E-state index in [1.165, 1.54) is 30.4 Å². The number of carbonyl (C=O) groups excluding carboxylic acids is 3. The van der Waals surface area contributed by atoms with Gasteiger partial charge in [0.15, 0.2) is 6.10 Å². The monoisotopic (exact) mass is 409 g/mol. The largest absolute Gasteiger partial charge is 0.449 e. The number of primary amides is 1. The summed E-state index contributed by atoms with van der Waals surface area (Å²) >= 11 is 1.34. The van der Waals surface area contributed by atoms with Gasteiger partial charge >= 0.3 is 5.97 Å². The van der Waals surface area contributed by atoms with Gasteiger partial charge in [0.1, 0.15) is 5.00 Å². The van der Waals surface area contributed by atoms with Crippen LogP contribution in [0.1, 0.15) is 45.3 Å². The van der Waals surface area contributed by atoms with Crippen molar-refractivity contribution in [2.45, 2.75) is 32.3 Å². The van der Waals surface area contributed by atoms with Gasteiger partial charge in [0.2, 0.25) is 0 Å². The first-order chi connectivity index (χ1) is 13.9. The van der Waals surface area contributed by atoms with Crippen molar-refractivity contribution in [1.29, 1.82) is 5.26 Å². The van der Waals surface area contributed by atoms with E-state index in [-0.39, 0.29) is 0 Å². The number of hydrogen-bond acceptors (Lipinski definition) is 6. The first-order valence-electron chi connectivity index (χ1n) is 9.03. The maximum atomic E-state index is 12.4. The highest BCUT2D eigenvalue weighted by molar-refractivity contribution is 7.17. The number of nitrogens with zero attached hydrogens (tertiary/aromatic N) is 1.